The topological polar surface area (TPSA) is 62.6 Å². The quantitative estimate of drug-likeness (QED) is 0.783. The zero-order valence-corrected chi connectivity index (χ0v) is 17.3. The minimum absolute atomic E-state index is 0.327. The largest absolute Gasteiger partial charge is 0.416 e. The molecule has 3 aliphatic rings. The van der Waals surface area contributed by atoms with Crippen LogP contribution in [0.25, 0.3) is 0 Å². The molecule has 1 aromatic heterocycles. The monoisotopic (exact) mass is 415 g/mol. The molecular weight excluding hydrogens is 390 g/mol. The maximum absolute atomic E-state index is 12.9. The number of aryl methyl sites for hydroxylation is 1. The molecule has 154 valence electrons. The van der Waals surface area contributed by atoms with Crippen LogP contribution in [0.4, 0.5) is 4.79 Å². The van der Waals surface area contributed by atoms with Gasteiger partial charge in [0.1, 0.15) is 0 Å². The van der Waals surface area contributed by atoms with E-state index >= 15 is 0 Å². The number of halogens is 1. The van der Waals surface area contributed by atoms with Crippen molar-refractivity contribution in [1.82, 2.24) is 24.7 Å². The average Bonchev–Trinajstić information content (AvgIpc) is 2.96. The Morgan fingerprint density at radius 2 is 2.14 bits per heavy atom. The summed E-state index contributed by atoms with van der Waals surface area (Å²) in [6.45, 7) is 5.73. The Morgan fingerprint density at radius 3 is 2.76 bits per heavy atom. The van der Waals surface area contributed by atoms with Gasteiger partial charge in [-0.2, -0.15) is 0 Å². The fourth-order valence-corrected chi connectivity index (χ4v) is 4.90. The number of carbonyl (C=O) groups excluding carboxylic acids is 1. The molecule has 2 atom stereocenters. The maximum atomic E-state index is 12.9. The normalized spacial score (nSPS) is 26.1. The molecule has 1 aliphatic carbocycles. The van der Waals surface area contributed by atoms with Crippen LogP contribution >= 0.6 is 11.6 Å². The minimum Gasteiger partial charge on any atom is -0.389 e. The van der Waals surface area contributed by atoms with Crippen molar-refractivity contribution in [2.24, 2.45) is 24.8 Å². The van der Waals surface area contributed by atoms with Gasteiger partial charge in [-0.05, 0) is 35.4 Å². The van der Waals surface area contributed by atoms with Gasteiger partial charge in [0.05, 0.1) is 12.5 Å². The third kappa shape index (κ3) is 3.99. The Morgan fingerprint density at radius 1 is 1.34 bits per heavy atom. The summed E-state index contributed by atoms with van der Waals surface area (Å²) in [5.74, 6) is 2.27. The summed E-state index contributed by atoms with van der Waals surface area (Å²) in [5.41, 5.74) is 1.00. The first kappa shape index (κ1) is 18.9. The molecule has 2 saturated heterocycles. The summed E-state index contributed by atoms with van der Waals surface area (Å²) in [6.07, 6.45) is 2.97. The van der Waals surface area contributed by atoms with Gasteiger partial charge in [-0.3, -0.25) is 4.90 Å². The first-order valence-electron chi connectivity index (χ1n) is 10.2. The minimum atomic E-state index is -0.353. The maximum Gasteiger partial charge on any atom is 0.416 e. The third-order valence-electron chi connectivity index (χ3n) is 6.50. The van der Waals surface area contributed by atoms with E-state index in [2.05, 4.69) is 15.2 Å². The Balaban J connectivity index is 1.25. The number of carbonyl (C=O) groups is 1. The number of piperidine rings is 1. The number of benzene rings is 1. The lowest BCUT2D eigenvalue weighted by molar-refractivity contribution is 0.130. The number of imidazole rings is 1. The fourth-order valence-electron chi connectivity index (χ4n) is 4.69. The fraction of sp³-hybridized carbons (Fsp3) is 0.524. The highest BCUT2D eigenvalue weighted by atomic mass is 35.5. The lowest BCUT2D eigenvalue weighted by Gasteiger charge is -2.37. The molecule has 1 amide bonds. The van der Waals surface area contributed by atoms with Crippen molar-refractivity contribution < 1.29 is 9.53 Å². The van der Waals surface area contributed by atoms with Crippen molar-refractivity contribution in [3.63, 3.8) is 0 Å². The molecule has 3 heterocycles. The molecule has 1 saturated carbocycles. The smallest absolute Gasteiger partial charge is 0.389 e. The highest BCUT2D eigenvalue weighted by Crippen LogP contribution is 2.52. The number of nitrogens with one attached hydrogen (secondary N) is 1. The zero-order valence-electron chi connectivity index (χ0n) is 16.5. The molecule has 8 heteroatoms. The van der Waals surface area contributed by atoms with E-state index in [0.717, 1.165) is 31.7 Å². The van der Waals surface area contributed by atoms with Crippen molar-refractivity contribution in [3.8, 4) is 5.88 Å². The molecule has 0 bridgehead atoms. The summed E-state index contributed by atoms with van der Waals surface area (Å²) < 4.78 is 7.30. The van der Waals surface area contributed by atoms with Gasteiger partial charge >= 0.3 is 6.09 Å². The first-order chi connectivity index (χ1) is 14.1. The number of ether oxygens (including phenoxy) is 1. The number of amides is 1. The Labute approximate surface area is 175 Å². The van der Waals surface area contributed by atoms with Crippen molar-refractivity contribution in [3.05, 3.63) is 47.4 Å². The lowest BCUT2D eigenvalue weighted by Crippen LogP contribution is -2.57. The van der Waals surface area contributed by atoms with Gasteiger partial charge in [-0.1, -0.05) is 23.7 Å². The summed E-state index contributed by atoms with van der Waals surface area (Å²) in [5, 5.41) is 4.03. The molecule has 1 aromatic carbocycles. The molecule has 2 unspecified atom stereocenters. The van der Waals surface area contributed by atoms with E-state index in [0.29, 0.717) is 47.8 Å². The second-order valence-corrected chi connectivity index (χ2v) is 8.95. The van der Waals surface area contributed by atoms with E-state index in [4.69, 9.17) is 16.3 Å². The zero-order chi connectivity index (χ0) is 20.0. The second kappa shape index (κ2) is 7.63. The number of fused-ring (bicyclic) bond motifs is 1. The van der Waals surface area contributed by atoms with Crippen molar-refractivity contribution in [1.29, 1.82) is 0 Å². The number of hydrogen-bond donors (Lipinski definition) is 1. The van der Waals surface area contributed by atoms with Crippen LogP contribution in [0.5, 0.6) is 5.88 Å². The van der Waals surface area contributed by atoms with E-state index in [9.17, 15) is 4.79 Å². The van der Waals surface area contributed by atoms with Gasteiger partial charge in [0.25, 0.3) is 0 Å². The van der Waals surface area contributed by atoms with Gasteiger partial charge in [0.2, 0.25) is 5.88 Å². The van der Waals surface area contributed by atoms with Crippen molar-refractivity contribution in [2.45, 2.75) is 12.6 Å². The summed E-state index contributed by atoms with van der Waals surface area (Å²) in [7, 11) is 1.85. The van der Waals surface area contributed by atoms with Crippen LogP contribution in [0.3, 0.4) is 0 Å². The summed E-state index contributed by atoms with van der Waals surface area (Å²) >= 11 is 6.14. The van der Waals surface area contributed by atoms with Gasteiger partial charge in [-0.25, -0.2) is 9.78 Å². The van der Waals surface area contributed by atoms with Crippen molar-refractivity contribution in [2.75, 3.05) is 32.7 Å². The summed E-state index contributed by atoms with van der Waals surface area (Å²) in [6, 6.07) is 8.36. The van der Waals surface area contributed by atoms with Gasteiger partial charge in [0.15, 0.2) is 0 Å². The van der Waals surface area contributed by atoms with E-state index in [1.54, 1.807) is 22.0 Å². The Kier molecular flexibility index (Phi) is 4.97. The molecule has 29 heavy (non-hydrogen) atoms. The van der Waals surface area contributed by atoms with Crippen LogP contribution in [0.15, 0.2) is 36.8 Å². The third-order valence-corrected chi connectivity index (χ3v) is 6.74. The number of aromatic nitrogens is 2. The molecule has 5 rings (SSSR count). The molecule has 3 fully saturated rings. The number of hydrogen-bond acceptors (Lipinski definition) is 5. The number of rotatable bonds is 6. The van der Waals surface area contributed by atoms with Gasteiger partial charge in [-0.15, -0.1) is 0 Å². The Bertz CT molecular complexity index is 887. The molecule has 2 aromatic rings. The molecule has 0 radical (unpaired) electrons. The molecule has 7 nitrogen and oxygen atoms in total. The molecule has 1 N–H and O–H groups in total. The average molecular weight is 416 g/mol. The van der Waals surface area contributed by atoms with Gasteiger partial charge < -0.3 is 19.5 Å². The molecule has 2 aliphatic heterocycles. The molecule has 0 spiro atoms. The standard InChI is InChI=1S/C21H26ClN5O2/c1-25-12-20(24-13-25)29-21(28)27(8-14-3-2-4-15(22)5-14)11-19-17-9-26(10-18(17)19)16-6-23-7-16/h2-5,12-13,16-19,23H,6-11H2,1H3. The van der Waals surface area contributed by atoms with Gasteiger partial charge in [0, 0.05) is 57.4 Å². The van der Waals surface area contributed by atoms with Crippen LogP contribution in [-0.4, -0.2) is 64.2 Å². The molecular formula is C21H26ClN5O2. The SMILES string of the molecule is Cn1cnc(OC(=O)N(Cc2cccc(Cl)c2)CC2C3CN(C4CNC4)CC23)c1. The number of nitrogens with zero attached hydrogens (tertiary/aromatic N) is 4. The Hall–Kier alpha value is -2.09. The number of likely N-dealkylation sites (tertiary alicyclic amines) is 1. The van der Waals surface area contributed by atoms with E-state index in [1.165, 1.54) is 0 Å². The van der Waals surface area contributed by atoms with Crippen LogP contribution < -0.4 is 10.1 Å². The van der Waals surface area contributed by atoms with Crippen molar-refractivity contribution >= 4 is 17.7 Å². The van der Waals surface area contributed by atoms with Crippen LogP contribution in [0.2, 0.25) is 5.02 Å². The predicted molar refractivity (Wildman–Crippen MR) is 110 cm³/mol. The highest BCUT2D eigenvalue weighted by molar-refractivity contribution is 6.30. The van der Waals surface area contributed by atoms with E-state index in [1.807, 2.05) is 31.3 Å². The first-order valence-corrected chi connectivity index (χ1v) is 10.6. The predicted octanol–water partition coefficient (Wildman–Crippen LogP) is 2.22. The van der Waals surface area contributed by atoms with Crippen LogP contribution in [0, 0.1) is 17.8 Å². The van der Waals surface area contributed by atoms with E-state index in [-0.39, 0.29) is 6.09 Å². The lowest BCUT2D eigenvalue weighted by atomic mass is 10.1. The van der Waals surface area contributed by atoms with E-state index < -0.39 is 0 Å². The van der Waals surface area contributed by atoms with Crippen LogP contribution in [-0.2, 0) is 13.6 Å². The van der Waals surface area contributed by atoms with Crippen LogP contribution in [0.1, 0.15) is 5.56 Å². The second-order valence-electron chi connectivity index (χ2n) is 8.51. The summed E-state index contributed by atoms with van der Waals surface area (Å²) in [4.78, 5) is 21.5. The highest BCUT2D eigenvalue weighted by Gasteiger charge is 2.57.